The molecule has 1 aromatic carbocycles. The van der Waals surface area contributed by atoms with Gasteiger partial charge >= 0.3 is 0 Å². The number of rotatable bonds is 6. The first-order valence-corrected chi connectivity index (χ1v) is 7.46. The number of hydrogen-bond donors (Lipinski definition) is 3. The lowest BCUT2D eigenvalue weighted by molar-refractivity contribution is -0.115. The maximum Gasteiger partial charge on any atom is 0.243 e. The lowest BCUT2D eigenvalue weighted by Crippen LogP contribution is -2.13. The van der Waals surface area contributed by atoms with E-state index in [1.165, 1.54) is 63.4 Å². The summed E-state index contributed by atoms with van der Waals surface area (Å²) in [4.78, 5) is 10.8. The topological polar surface area (TPSA) is 69.6 Å². The van der Waals surface area contributed by atoms with Crippen LogP contribution in [0, 0.1) is 0 Å². The summed E-state index contributed by atoms with van der Waals surface area (Å²) in [6, 6.07) is 4.32. The monoisotopic (exact) mass is 293 g/mol. The van der Waals surface area contributed by atoms with Crippen molar-refractivity contribution in [1.29, 1.82) is 0 Å². The quantitative estimate of drug-likeness (QED) is 0.424. The van der Waals surface area contributed by atoms with E-state index in [1.807, 2.05) is 0 Å². The molecule has 1 rings (SSSR count). The average molecular weight is 293 g/mol. The fourth-order valence-electron chi connectivity index (χ4n) is 1.58. The van der Waals surface area contributed by atoms with Crippen molar-refractivity contribution in [1.82, 2.24) is 5.32 Å². The van der Waals surface area contributed by atoms with Gasteiger partial charge in [0.1, 0.15) is 0 Å². The number of benzene rings is 1. The summed E-state index contributed by atoms with van der Waals surface area (Å²) >= 11 is 0. The van der Waals surface area contributed by atoms with Gasteiger partial charge in [0.15, 0.2) is 11.5 Å². The van der Waals surface area contributed by atoms with E-state index >= 15 is 0 Å². The van der Waals surface area contributed by atoms with E-state index in [-0.39, 0.29) is 17.4 Å². The van der Waals surface area contributed by atoms with E-state index in [0.717, 1.165) is 0 Å². The molecule has 0 atom stereocenters. The highest BCUT2D eigenvalue weighted by molar-refractivity contribution is 5.91. The van der Waals surface area contributed by atoms with Gasteiger partial charge in [-0.2, -0.15) is 0 Å². The molecule has 4 heteroatoms. The third-order valence-corrected chi connectivity index (χ3v) is 2.88. The zero-order valence-electron chi connectivity index (χ0n) is 13.2. The number of nitrogens with one attached hydrogen (secondary N) is 1. The number of carbonyl (C=O) groups excluding carboxylic acids is 1. The normalized spacial score (nSPS) is 10.0. The van der Waals surface area contributed by atoms with Crippen molar-refractivity contribution >= 4 is 12.0 Å². The molecule has 0 aliphatic heterocycles. The van der Waals surface area contributed by atoms with Gasteiger partial charge in [-0.1, -0.05) is 52.0 Å². The van der Waals surface area contributed by atoms with Crippen LogP contribution in [0.25, 0.3) is 6.08 Å². The number of phenolic OH excluding ortho intramolecular Hbond substituents is 2. The lowest BCUT2D eigenvalue weighted by Gasteiger charge is -1.98. The summed E-state index contributed by atoms with van der Waals surface area (Å²) in [7, 11) is 1.53. The number of unbranched alkanes of at least 4 members (excludes halogenated alkanes) is 4. The molecule has 1 amide bonds. The van der Waals surface area contributed by atoms with E-state index in [0.29, 0.717) is 5.56 Å². The lowest BCUT2D eigenvalue weighted by atomic mass is 10.2. The van der Waals surface area contributed by atoms with Crippen molar-refractivity contribution in [2.75, 3.05) is 7.05 Å². The standard InChI is InChI=1S/C10H11NO3.C7H16/c1-11-10(14)5-3-7-2-4-8(12)9(13)6-7;1-3-5-7-6-4-2/h2-6,12-13H,1H3,(H,11,14);3-7H2,1-2H3/b5-3+;. The van der Waals surface area contributed by atoms with E-state index in [4.69, 9.17) is 10.2 Å². The number of carbonyl (C=O) groups is 1. The predicted molar refractivity (Wildman–Crippen MR) is 87.3 cm³/mol. The van der Waals surface area contributed by atoms with Crippen LogP contribution in [0.5, 0.6) is 11.5 Å². The molecule has 0 saturated carbocycles. The molecular formula is C17H27NO3. The van der Waals surface area contributed by atoms with Crippen LogP contribution < -0.4 is 5.32 Å². The third-order valence-electron chi connectivity index (χ3n) is 2.88. The molecular weight excluding hydrogens is 266 g/mol. The summed E-state index contributed by atoms with van der Waals surface area (Å²) in [5, 5.41) is 20.6. The molecule has 3 N–H and O–H groups in total. The fraction of sp³-hybridized carbons (Fsp3) is 0.471. The minimum absolute atomic E-state index is 0.179. The Hall–Kier alpha value is -1.97. The number of hydrogen-bond acceptors (Lipinski definition) is 3. The van der Waals surface area contributed by atoms with Crippen LogP contribution >= 0.6 is 0 Å². The number of phenols is 2. The largest absolute Gasteiger partial charge is 0.504 e. The Bertz CT molecular complexity index is 438. The molecule has 0 aliphatic rings. The molecule has 0 bridgehead atoms. The van der Waals surface area contributed by atoms with Crippen molar-refractivity contribution in [2.24, 2.45) is 0 Å². The second-order valence-corrected chi connectivity index (χ2v) is 4.76. The maximum absolute atomic E-state index is 10.8. The van der Waals surface area contributed by atoms with Crippen LogP contribution in [-0.4, -0.2) is 23.2 Å². The van der Waals surface area contributed by atoms with Crippen LogP contribution in [-0.2, 0) is 4.79 Å². The summed E-state index contributed by atoms with van der Waals surface area (Å²) < 4.78 is 0. The molecule has 0 saturated heterocycles. The van der Waals surface area contributed by atoms with Gasteiger partial charge in [0.2, 0.25) is 5.91 Å². The highest BCUT2D eigenvalue weighted by atomic mass is 16.3. The smallest absolute Gasteiger partial charge is 0.243 e. The molecule has 0 spiro atoms. The molecule has 21 heavy (non-hydrogen) atoms. The zero-order valence-corrected chi connectivity index (χ0v) is 13.2. The van der Waals surface area contributed by atoms with Gasteiger partial charge in [-0.25, -0.2) is 0 Å². The number of likely N-dealkylation sites (N-methyl/N-ethyl adjacent to an activating group) is 1. The molecule has 0 aliphatic carbocycles. The zero-order chi connectivity index (χ0) is 16.1. The summed E-state index contributed by atoms with van der Waals surface area (Å²) in [5.74, 6) is -0.608. The van der Waals surface area contributed by atoms with Gasteiger partial charge in [0.25, 0.3) is 0 Å². The Morgan fingerprint density at radius 3 is 2.19 bits per heavy atom. The predicted octanol–water partition coefficient (Wildman–Crippen LogP) is 3.83. The SMILES string of the molecule is CCCCCCC.CNC(=O)/C=C/c1ccc(O)c(O)c1. The first-order valence-electron chi connectivity index (χ1n) is 7.46. The van der Waals surface area contributed by atoms with Gasteiger partial charge in [0.05, 0.1) is 0 Å². The average Bonchev–Trinajstić information content (AvgIpc) is 2.49. The van der Waals surface area contributed by atoms with E-state index < -0.39 is 0 Å². The molecule has 0 unspecified atom stereocenters. The second kappa shape index (κ2) is 11.8. The van der Waals surface area contributed by atoms with Gasteiger partial charge in [-0.05, 0) is 23.8 Å². The molecule has 0 radical (unpaired) electrons. The van der Waals surface area contributed by atoms with Crippen LogP contribution in [0.15, 0.2) is 24.3 Å². The van der Waals surface area contributed by atoms with Crippen LogP contribution in [0.4, 0.5) is 0 Å². The van der Waals surface area contributed by atoms with Crippen molar-refractivity contribution in [3.63, 3.8) is 0 Å². The summed E-state index contributed by atoms with van der Waals surface area (Å²) in [6.07, 6.45) is 9.89. The molecule has 0 fully saturated rings. The molecule has 0 heterocycles. The van der Waals surface area contributed by atoms with Crippen molar-refractivity contribution in [3.05, 3.63) is 29.8 Å². The van der Waals surface area contributed by atoms with Gasteiger partial charge in [0, 0.05) is 13.1 Å². The summed E-state index contributed by atoms with van der Waals surface area (Å²) in [6.45, 7) is 4.49. The highest BCUT2D eigenvalue weighted by Crippen LogP contribution is 2.25. The van der Waals surface area contributed by atoms with Gasteiger partial charge in [-0.3, -0.25) is 4.79 Å². The Balaban J connectivity index is 0.000000486. The summed E-state index contributed by atoms with van der Waals surface area (Å²) in [5.41, 5.74) is 0.643. The first-order chi connectivity index (χ1) is 10.0. The van der Waals surface area contributed by atoms with E-state index in [9.17, 15) is 4.79 Å². The first kappa shape index (κ1) is 19.0. The third kappa shape index (κ3) is 9.55. The Kier molecular flexibility index (Phi) is 10.7. The van der Waals surface area contributed by atoms with Gasteiger partial charge in [-0.15, -0.1) is 0 Å². The van der Waals surface area contributed by atoms with Crippen LogP contribution in [0.1, 0.15) is 51.5 Å². The minimum Gasteiger partial charge on any atom is -0.504 e. The minimum atomic E-state index is -0.224. The fourth-order valence-corrected chi connectivity index (χ4v) is 1.58. The van der Waals surface area contributed by atoms with Crippen molar-refractivity contribution in [2.45, 2.75) is 46.0 Å². The van der Waals surface area contributed by atoms with Crippen LogP contribution in [0.3, 0.4) is 0 Å². The van der Waals surface area contributed by atoms with Crippen LogP contribution in [0.2, 0.25) is 0 Å². The van der Waals surface area contributed by atoms with Gasteiger partial charge < -0.3 is 15.5 Å². The Morgan fingerprint density at radius 2 is 1.71 bits per heavy atom. The van der Waals surface area contributed by atoms with Crippen molar-refractivity contribution < 1.29 is 15.0 Å². The molecule has 0 aromatic heterocycles. The van der Waals surface area contributed by atoms with Crippen molar-refractivity contribution in [3.8, 4) is 11.5 Å². The number of aromatic hydroxyl groups is 2. The highest BCUT2D eigenvalue weighted by Gasteiger charge is 1.98. The Morgan fingerprint density at radius 1 is 1.10 bits per heavy atom. The Labute approximate surface area is 127 Å². The maximum atomic E-state index is 10.8. The molecule has 118 valence electrons. The molecule has 1 aromatic rings. The molecule has 4 nitrogen and oxygen atoms in total. The number of amides is 1. The second-order valence-electron chi connectivity index (χ2n) is 4.76. The van der Waals surface area contributed by atoms with E-state index in [2.05, 4.69) is 19.2 Å². The van der Waals surface area contributed by atoms with E-state index in [1.54, 1.807) is 6.07 Å².